The quantitative estimate of drug-likeness (QED) is 0.573. The summed E-state index contributed by atoms with van der Waals surface area (Å²) in [5.41, 5.74) is -0.211. The predicted octanol–water partition coefficient (Wildman–Crippen LogP) is 4.75. The van der Waals surface area contributed by atoms with Crippen LogP contribution in [-0.4, -0.2) is 38.6 Å². The van der Waals surface area contributed by atoms with Gasteiger partial charge in [0.15, 0.2) is 0 Å². The van der Waals surface area contributed by atoms with E-state index in [0.717, 1.165) is 17.3 Å². The number of aryl methyl sites for hydroxylation is 1. The van der Waals surface area contributed by atoms with Crippen LogP contribution in [0.2, 0.25) is 0 Å². The maximum absolute atomic E-state index is 13.8. The third kappa shape index (κ3) is 4.84. The molecule has 1 saturated heterocycles. The Kier molecular flexibility index (Phi) is 6.13. The molecule has 0 spiro atoms. The van der Waals surface area contributed by atoms with Crippen LogP contribution in [-0.2, 0) is 11.8 Å². The summed E-state index contributed by atoms with van der Waals surface area (Å²) in [5, 5.41) is 19.2. The summed E-state index contributed by atoms with van der Waals surface area (Å²) in [7, 11) is 0. The first-order chi connectivity index (χ1) is 15.5. The Hall–Kier alpha value is -2.65. The number of ether oxygens (including phenoxy) is 1. The normalized spacial score (nSPS) is 23.9. The van der Waals surface area contributed by atoms with E-state index in [1.54, 1.807) is 26.1 Å². The van der Waals surface area contributed by atoms with E-state index in [-0.39, 0.29) is 36.0 Å². The fourth-order valence-electron chi connectivity index (χ4n) is 4.66. The number of hydrogen-bond acceptors (Lipinski definition) is 5. The van der Waals surface area contributed by atoms with Crippen LogP contribution in [0.5, 0.6) is 5.75 Å². The number of aliphatic hydroxyl groups is 1. The Labute approximate surface area is 190 Å². The van der Waals surface area contributed by atoms with Gasteiger partial charge in [0.1, 0.15) is 12.4 Å². The highest BCUT2D eigenvalue weighted by molar-refractivity contribution is 5.84. The van der Waals surface area contributed by atoms with Gasteiger partial charge in [0.05, 0.1) is 22.9 Å². The predicted molar refractivity (Wildman–Crippen MR) is 119 cm³/mol. The van der Waals surface area contributed by atoms with Gasteiger partial charge in [0.25, 0.3) is 0 Å². The highest BCUT2D eigenvalue weighted by Gasteiger charge is 2.40. The molecular formula is C24H29F3N4O2. The first kappa shape index (κ1) is 23.5. The molecule has 3 aromatic rings. The number of aromatic nitrogens is 3. The van der Waals surface area contributed by atoms with Gasteiger partial charge in [-0.05, 0) is 58.7 Å². The fourth-order valence-corrected chi connectivity index (χ4v) is 4.66. The van der Waals surface area contributed by atoms with Crippen molar-refractivity contribution in [2.75, 3.05) is 6.61 Å². The number of fused-ring (bicyclic) bond motifs is 1. The monoisotopic (exact) mass is 462 g/mol. The van der Waals surface area contributed by atoms with E-state index in [1.165, 1.54) is 10.9 Å². The Morgan fingerprint density at radius 2 is 2.00 bits per heavy atom. The van der Waals surface area contributed by atoms with Crippen molar-refractivity contribution in [1.29, 1.82) is 0 Å². The Morgan fingerprint density at radius 3 is 2.64 bits per heavy atom. The number of piperidine rings is 1. The Balaban J connectivity index is 1.57. The lowest BCUT2D eigenvalue weighted by molar-refractivity contribution is -0.136. The molecule has 33 heavy (non-hydrogen) atoms. The van der Waals surface area contributed by atoms with Crippen molar-refractivity contribution in [2.45, 2.75) is 70.4 Å². The van der Waals surface area contributed by atoms with Gasteiger partial charge < -0.3 is 15.2 Å². The molecule has 2 N–H and O–H groups in total. The maximum Gasteiger partial charge on any atom is 0.418 e. The van der Waals surface area contributed by atoms with E-state index < -0.39 is 17.3 Å². The van der Waals surface area contributed by atoms with E-state index in [4.69, 9.17) is 4.74 Å². The molecule has 4 rings (SSSR count). The number of hydrogen-bond donors (Lipinski definition) is 2. The van der Waals surface area contributed by atoms with Crippen molar-refractivity contribution < 1.29 is 23.0 Å². The van der Waals surface area contributed by atoms with Crippen LogP contribution in [0.25, 0.3) is 10.9 Å². The van der Waals surface area contributed by atoms with Gasteiger partial charge in [0, 0.05) is 41.0 Å². The number of nitrogens with zero attached hydrogens (tertiary/aromatic N) is 3. The SMILES string of the molecule is Cc1ccc(C2(O)CC(C)NC(COc3cc(C(F)(F)F)c4c(cnn4C(C)C)c3)C2)cn1. The number of halogens is 3. The molecule has 1 fully saturated rings. The molecule has 0 amide bonds. The summed E-state index contributed by atoms with van der Waals surface area (Å²) in [6.07, 6.45) is -0.558. The third-order valence-corrected chi connectivity index (χ3v) is 6.11. The summed E-state index contributed by atoms with van der Waals surface area (Å²) in [4.78, 5) is 4.29. The number of rotatable bonds is 5. The number of pyridine rings is 1. The van der Waals surface area contributed by atoms with Crippen molar-refractivity contribution in [3.05, 3.63) is 53.5 Å². The van der Waals surface area contributed by atoms with Crippen LogP contribution in [0.15, 0.2) is 36.7 Å². The molecule has 178 valence electrons. The number of alkyl halides is 3. The molecule has 1 aromatic carbocycles. The van der Waals surface area contributed by atoms with Crippen molar-refractivity contribution in [3.63, 3.8) is 0 Å². The van der Waals surface area contributed by atoms with Crippen molar-refractivity contribution in [3.8, 4) is 5.75 Å². The second kappa shape index (κ2) is 8.61. The average Bonchev–Trinajstić information content (AvgIpc) is 3.15. The van der Waals surface area contributed by atoms with Crippen molar-refractivity contribution >= 4 is 10.9 Å². The molecule has 1 aliphatic heterocycles. The molecule has 1 aliphatic rings. The minimum atomic E-state index is -4.54. The third-order valence-electron chi connectivity index (χ3n) is 6.11. The minimum absolute atomic E-state index is 0.00357. The molecule has 6 nitrogen and oxygen atoms in total. The van der Waals surface area contributed by atoms with E-state index in [0.29, 0.717) is 18.2 Å². The van der Waals surface area contributed by atoms with Gasteiger partial charge in [-0.15, -0.1) is 0 Å². The second-order valence-corrected chi connectivity index (χ2v) is 9.29. The van der Waals surface area contributed by atoms with Gasteiger partial charge >= 0.3 is 6.18 Å². The Morgan fingerprint density at radius 1 is 1.24 bits per heavy atom. The molecule has 0 aliphatic carbocycles. The molecular weight excluding hydrogens is 433 g/mol. The molecule has 0 saturated carbocycles. The first-order valence-corrected chi connectivity index (χ1v) is 11.1. The van der Waals surface area contributed by atoms with Gasteiger partial charge in [-0.25, -0.2) is 0 Å². The molecule has 9 heteroatoms. The summed E-state index contributed by atoms with van der Waals surface area (Å²) < 4.78 is 48.7. The van der Waals surface area contributed by atoms with Crippen LogP contribution in [0.3, 0.4) is 0 Å². The first-order valence-electron chi connectivity index (χ1n) is 11.1. The lowest BCUT2D eigenvalue weighted by Crippen LogP contribution is -2.53. The lowest BCUT2D eigenvalue weighted by Gasteiger charge is -2.41. The van der Waals surface area contributed by atoms with E-state index in [1.807, 2.05) is 26.0 Å². The fraction of sp³-hybridized carbons (Fsp3) is 0.500. The molecule has 3 atom stereocenters. The van der Waals surface area contributed by atoms with Crippen LogP contribution in [0.4, 0.5) is 13.2 Å². The summed E-state index contributed by atoms with van der Waals surface area (Å²) in [6.45, 7) is 7.54. The lowest BCUT2D eigenvalue weighted by atomic mass is 9.79. The van der Waals surface area contributed by atoms with Crippen LogP contribution in [0.1, 0.15) is 56.5 Å². The van der Waals surface area contributed by atoms with Crippen LogP contribution >= 0.6 is 0 Å². The zero-order chi connectivity index (χ0) is 24.0. The second-order valence-electron chi connectivity index (χ2n) is 9.29. The van der Waals surface area contributed by atoms with Gasteiger partial charge in [-0.3, -0.25) is 9.67 Å². The standard InChI is InChI=1S/C24H29F3N4O2/c1-14(2)31-22-17(11-29-31)7-20(8-21(22)24(25,26)27)33-13-19-10-23(32,9-16(4)30-19)18-6-5-15(3)28-12-18/h5-8,11-12,14,16,19,30,32H,9-10,13H2,1-4H3. The largest absolute Gasteiger partial charge is 0.492 e. The number of nitrogens with one attached hydrogen (secondary N) is 1. The molecule has 0 radical (unpaired) electrons. The average molecular weight is 463 g/mol. The van der Waals surface area contributed by atoms with E-state index in [9.17, 15) is 18.3 Å². The maximum atomic E-state index is 13.8. The smallest absolute Gasteiger partial charge is 0.418 e. The summed E-state index contributed by atoms with van der Waals surface area (Å²) >= 11 is 0. The minimum Gasteiger partial charge on any atom is -0.492 e. The molecule has 3 heterocycles. The summed E-state index contributed by atoms with van der Waals surface area (Å²) in [5.74, 6) is 0.124. The van der Waals surface area contributed by atoms with Crippen molar-refractivity contribution in [2.24, 2.45) is 0 Å². The number of benzene rings is 1. The van der Waals surface area contributed by atoms with Gasteiger partial charge in [0.2, 0.25) is 0 Å². The van der Waals surface area contributed by atoms with Crippen molar-refractivity contribution in [1.82, 2.24) is 20.1 Å². The molecule has 2 aromatic heterocycles. The highest BCUT2D eigenvalue weighted by atomic mass is 19.4. The van der Waals surface area contributed by atoms with Crippen LogP contribution in [0, 0.1) is 6.92 Å². The molecule has 3 unspecified atom stereocenters. The Bertz CT molecular complexity index is 1130. The van der Waals surface area contributed by atoms with E-state index in [2.05, 4.69) is 15.4 Å². The summed E-state index contributed by atoms with van der Waals surface area (Å²) in [6, 6.07) is 5.88. The topological polar surface area (TPSA) is 72.2 Å². The van der Waals surface area contributed by atoms with Gasteiger partial charge in [-0.1, -0.05) is 6.07 Å². The zero-order valence-corrected chi connectivity index (χ0v) is 19.1. The van der Waals surface area contributed by atoms with E-state index >= 15 is 0 Å². The molecule has 0 bridgehead atoms. The highest BCUT2D eigenvalue weighted by Crippen LogP contribution is 2.39. The van der Waals surface area contributed by atoms with Crippen LogP contribution < -0.4 is 10.1 Å². The van der Waals surface area contributed by atoms with Gasteiger partial charge in [-0.2, -0.15) is 18.3 Å². The zero-order valence-electron chi connectivity index (χ0n) is 19.1.